The summed E-state index contributed by atoms with van der Waals surface area (Å²) >= 11 is 3.40. The van der Waals surface area contributed by atoms with E-state index in [9.17, 15) is 0 Å². The van der Waals surface area contributed by atoms with E-state index in [1.807, 2.05) is 24.3 Å². The third-order valence-electron chi connectivity index (χ3n) is 1.97. The minimum atomic E-state index is 0.299. The average molecular weight is 280 g/mol. The molecule has 82 valence electrons. The molecule has 0 saturated heterocycles. The van der Waals surface area contributed by atoms with Gasteiger partial charge < -0.3 is 10.5 Å². The molecule has 0 saturated carbocycles. The standard InChI is InChI=1S/C11H10BrN3O/c12-8-3-1-2-4-10(8)16-11-9(7-13)14-5-6-15-11/h1-6H,7,13H2. The Morgan fingerprint density at radius 2 is 1.94 bits per heavy atom. The summed E-state index contributed by atoms with van der Waals surface area (Å²) in [5.74, 6) is 1.13. The van der Waals surface area contributed by atoms with Crippen molar-refractivity contribution < 1.29 is 4.74 Å². The molecular weight excluding hydrogens is 270 g/mol. The van der Waals surface area contributed by atoms with Gasteiger partial charge in [0.2, 0.25) is 5.88 Å². The van der Waals surface area contributed by atoms with E-state index in [4.69, 9.17) is 10.5 Å². The summed E-state index contributed by atoms with van der Waals surface area (Å²) in [5.41, 5.74) is 6.19. The van der Waals surface area contributed by atoms with Gasteiger partial charge in [0.25, 0.3) is 0 Å². The molecule has 0 fully saturated rings. The van der Waals surface area contributed by atoms with Crippen LogP contribution in [0.3, 0.4) is 0 Å². The smallest absolute Gasteiger partial charge is 0.242 e. The summed E-state index contributed by atoms with van der Waals surface area (Å²) in [7, 11) is 0. The molecule has 0 atom stereocenters. The van der Waals surface area contributed by atoms with Crippen molar-refractivity contribution in [1.82, 2.24) is 9.97 Å². The third kappa shape index (κ3) is 2.37. The lowest BCUT2D eigenvalue weighted by molar-refractivity contribution is 0.449. The number of nitrogens with two attached hydrogens (primary N) is 1. The number of benzene rings is 1. The van der Waals surface area contributed by atoms with E-state index in [-0.39, 0.29) is 0 Å². The highest BCUT2D eigenvalue weighted by Crippen LogP contribution is 2.28. The van der Waals surface area contributed by atoms with Crippen LogP contribution in [0.25, 0.3) is 0 Å². The van der Waals surface area contributed by atoms with Crippen LogP contribution in [-0.4, -0.2) is 9.97 Å². The highest BCUT2D eigenvalue weighted by atomic mass is 79.9. The molecule has 2 aromatic rings. The SMILES string of the molecule is NCc1nccnc1Oc1ccccc1Br. The Labute approximate surface area is 102 Å². The maximum absolute atomic E-state index is 5.63. The van der Waals surface area contributed by atoms with Crippen LogP contribution in [0.2, 0.25) is 0 Å². The zero-order valence-corrected chi connectivity index (χ0v) is 10.0. The molecule has 0 aliphatic rings. The second-order valence-electron chi connectivity index (χ2n) is 3.04. The lowest BCUT2D eigenvalue weighted by Gasteiger charge is -2.08. The average Bonchev–Trinajstić information content (AvgIpc) is 2.33. The molecule has 16 heavy (non-hydrogen) atoms. The van der Waals surface area contributed by atoms with Gasteiger partial charge >= 0.3 is 0 Å². The van der Waals surface area contributed by atoms with E-state index in [2.05, 4.69) is 25.9 Å². The highest BCUT2D eigenvalue weighted by molar-refractivity contribution is 9.10. The molecule has 0 amide bonds. The van der Waals surface area contributed by atoms with E-state index in [0.29, 0.717) is 23.9 Å². The lowest BCUT2D eigenvalue weighted by Crippen LogP contribution is -2.03. The Kier molecular flexibility index (Phi) is 3.48. The Morgan fingerprint density at radius 3 is 2.69 bits per heavy atom. The van der Waals surface area contributed by atoms with Gasteiger partial charge in [0.05, 0.1) is 4.47 Å². The molecule has 5 heteroatoms. The van der Waals surface area contributed by atoms with Gasteiger partial charge in [-0.25, -0.2) is 4.98 Å². The molecule has 2 N–H and O–H groups in total. The van der Waals surface area contributed by atoms with Crippen molar-refractivity contribution in [2.24, 2.45) is 5.73 Å². The number of halogens is 1. The summed E-state index contributed by atoms with van der Waals surface area (Å²) in [4.78, 5) is 8.20. The first-order valence-corrected chi connectivity index (χ1v) is 5.53. The van der Waals surface area contributed by atoms with Crippen molar-refractivity contribution in [2.75, 3.05) is 0 Å². The van der Waals surface area contributed by atoms with Crippen molar-refractivity contribution >= 4 is 15.9 Å². The van der Waals surface area contributed by atoms with Crippen LogP contribution in [-0.2, 0) is 6.54 Å². The zero-order chi connectivity index (χ0) is 11.4. The normalized spacial score (nSPS) is 10.1. The van der Waals surface area contributed by atoms with Gasteiger partial charge in [-0.1, -0.05) is 12.1 Å². The van der Waals surface area contributed by atoms with Crippen LogP contribution >= 0.6 is 15.9 Å². The van der Waals surface area contributed by atoms with E-state index in [1.54, 1.807) is 12.4 Å². The Bertz CT molecular complexity index is 490. The second-order valence-corrected chi connectivity index (χ2v) is 3.90. The quantitative estimate of drug-likeness (QED) is 0.938. The van der Waals surface area contributed by atoms with Crippen molar-refractivity contribution in [3.8, 4) is 11.6 Å². The fraction of sp³-hybridized carbons (Fsp3) is 0.0909. The summed E-state index contributed by atoms with van der Waals surface area (Å²) in [6, 6.07) is 7.54. The van der Waals surface area contributed by atoms with Gasteiger partial charge in [-0.05, 0) is 28.1 Å². The Hall–Kier alpha value is -1.46. The second kappa shape index (κ2) is 5.05. The van der Waals surface area contributed by atoms with Crippen LogP contribution < -0.4 is 10.5 Å². The van der Waals surface area contributed by atoms with Crippen LogP contribution in [0.1, 0.15) is 5.69 Å². The molecule has 0 bridgehead atoms. The van der Waals surface area contributed by atoms with Crippen molar-refractivity contribution in [1.29, 1.82) is 0 Å². The minimum Gasteiger partial charge on any atom is -0.436 e. The molecule has 1 heterocycles. The summed E-state index contributed by atoms with van der Waals surface area (Å²) < 4.78 is 6.50. The fourth-order valence-corrected chi connectivity index (χ4v) is 1.58. The topological polar surface area (TPSA) is 61.0 Å². The lowest BCUT2D eigenvalue weighted by atomic mass is 10.3. The molecular formula is C11H10BrN3O. The molecule has 1 aromatic heterocycles. The zero-order valence-electron chi connectivity index (χ0n) is 8.43. The molecule has 0 unspecified atom stereocenters. The summed E-state index contributed by atoms with van der Waals surface area (Å²) in [6.45, 7) is 0.299. The predicted molar refractivity (Wildman–Crippen MR) is 64.1 cm³/mol. The third-order valence-corrected chi connectivity index (χ3v) is 2.63. The number of aromatic nitrogens is 2. The maximum Gasteiger partial charge on any atom is 0.242 e. The fourth-order valence-electron chi connectivity index (χ4n) is 1.21. The first-order valence-electron chi connectivity index (χ1n) is 4.73. The number of para-hydroxylation sites is 1. The largest absolute Gasteiger partial charge is 0.436 e. The van der Waals surface area contributed by atoms with Crippen LogP contribution in [0.4, 0.5) is 0 Å². The molecule has 0 aliphatic heterocycles. The number of hydrogen-bond donors (Lipinski definition) is 1. The van der Waals surface area contributed by atoms with Crippen molar-refractivity contribution in [3.05, 3.63) is 46.8 Å². The van der Waals surface area contributed by atoms with Gasteiger partial charge in [0.1, 0.15) is 11.4 Å². The Balaban J connectivity index is 2.30. The number of hydrogen-bond acceptors (Lipinski definition) is 4. The van der Waals surface area contributed by atoms with Gasteiger partial charge in [0.15, 0.2) is 0 Å². The number of nitrogens with zero attached hydrogens (tertiary/aromatic N) is 2. The van der Waals surface area contributed by atoms with E-state index < -0.39 is 0 Å². The predicted octanol–water partition coefficient (Wildman–Crippen LogP) is 2.49. The summed E-state index contributed by atoms with van der Waals surface area (Å²) in [5, 5.41) is 0. The maximum atomic E-state index is 5.63. The minimum absolute atomic E-state index is 0.299. The highest BCUT2D eigenvalue weighted by Gasteiger charge is 2.07. The van der Waals surface area contributed by atoms with Crippen LogP contribution in [0.5, 0.6) is 11.6 Å². The van der Waals surface area contributed by atoms with Crippen LogP contribution in [0.15, 0.2) is 41.1 Å². The number of rotatable bonds is 3. The molecule has 1 aromatic carbocycles. The summed E-state index contributed by atoms with van der Waals surface area (Å²) in [6.07, 6.45) is 3.17. The molecule has 4 nitrogen and oxygen atoms in total. The molecule has 0 aliphatic carbocycles. The van der Waals surface area contributed by atoms with Gasteiger partial charge in [-0.15, -0.1) is 0 Å². The van der Waals surface area contributed by atoms with E-state index >= 15 is 0 Å². The van der Waals surface area contributed by atoms with Crippen LogP contribution in [0, 0.1) is 0 Å². The first kappa shape index (κ1) is 11.0. The Morgan fingerprint density at radius 1 is 1.19 bits per heavy atom. The van der Waals surface area contributed by atoms with Crippen molar-refractivity contribution in [2.45, 2.75) is 6.54 Å². The van der Waals surface area contributed by atoms with Crippen molar-refractivity contribution in [3.63, 3.8) is 0 Å². The van der Waals surface area contributed by atoms with Gasteiger partial charge in [-0.3, -0.25) is 4.98 Å². The van der Waals surface area contributed by atoms with E-state index in [1.165, 1.54) is 0 Å². The monoisotopic (exact) mass is 279 g/mol. The van der Waals surface area contributed by atoms with Gasteiger partial charge in [-0.2, -0.15) is 0 Å². The first-order chi connectivity index (χ1) is 7.81. The van der Waals surface area contributed by atoms with Gasteiger partial charge in [0, 0.05) is 18.9 Å². The molecule has 0 radical (unpaired) electrons. The van der Waals surface area contributed by atoms with E-state index in [0.717, 1.165) is 4.47 Å². The molecule has 0 spiro atoms. The molecule has 2 rings (SSSR count). The number of ether oxygens (including phenoxy) is 1.